The number of hydrogen-bond acceptors (Lipinski definition) is 6. The number of benzene rings is 1. The number of fused-ring (bicyclic) bond motifs is 1. The lowest BCUT2D eigenvalue weighted by atomic mass is 9.96. The monoisotopic (exact) mass is 376 g/mol. The summed E-state index contributed by atoms with van der Waals surface area (Å²) < 4.78 is 1.56. The molecule has 1 aromatic carbocycles. The molecule has 3 aromatic rings. The quantitative estimate of drug-likeness (QED) is 0.706. The van der Waals surface area contributed by atoms with E-state index in [4.69, 9.17) is 0 Å². The molecule has 0 unspecified atom stereocenters. The highest BCUT2D eigenvalue weighted by Crippen LogP contribution is 2.37. The second-order valence-electron chi connectivity index (χ2n) is 6.20. The largest absolute Gasteiger partial charge is 0.313 e. The molecule has 134 valence electrons. The van der Waals surface area contributed by atoms with Gasteiger partial charge in [0.1, 0.15) is 17.4 Å². The summed E-state index contributed by atoms with van der Waals surface area (Å²) in [6.45, 7) is 0. The van der Waals surface area contributed by atoms with Crippen LogP contribution in [-0.4, -0.2) is 26.1 Å². The highest BCUT2D eigenvalue weighted by molar-refractivity contribution is 7.16. The molecule has 0 saturated carbocycles. The Kier molecular flexibility index (Phi) is 4.77. The summed E-state index contributed by atoms with van der Waals surface area (Å²) in [6.07, 6.45) is 8.90. The van der Waals surface area contributed by atoms with Crippen molar-refractivity contribution in [1.29, 1.82) is 5.26 Å². The van der Waals surface area contributed by atoms with Crippen LogP contribution in [0.15, 0.2) is 36.7 Å². The molecule has 0 radical (unpaired) electrons. The standard InChI is InChI=1S/C19H16N6OS/c20-11-16-15-3-1-2-4-17(15)27-19(16)22-18(26)10-7-13-5-8-14(9-6-13)25-12-21-23-24-25/h5-10,12H,1-4H2,(H,22,26)/b10-7+. The fraction of sp³-hybridized carbons (Fsp3) is 0.211. The van der Waals surface area contributed by atoms with Crippen molar-refractivity contribution in [3.05, 3.63) is 58.2 Å². The van der Waals surface area contributed by atoms with Gasteiger partial charge >= 0.3 is 0 Å². The molecule has 0 bridgehead atoms. The zero-order valence-electron chi connectivity index (χ0n) is 14.4. The van der Waals surface area contributed by atoms with E-state index in [1.807, 2.05) is 24.3 Å². The lowest BCUT2D eigenvalue weighted by Crippen LogP contribution is -2.07. The molecule has 1 amide bonds. The number of aromatic nitrogens is 4. The third kappa shape index (κ3) is 3.64. The third-order valence-corrected chi connectivity index (χ3v) is 5.66. The van der Waals surface area contributed by atoms with Crippen molar-refractivity contribution in [3.8, 4) is 11.8 Å². The van der Waals surface area contributed by atoms with Crippen LogP contribution in [0, 0.1) is 11.3 Å². The van der Waals surface area contributed by atoms with Gasteiger partial charge in [0.05, 0.1) is 11.3 Å². The van der Waals surface area contributed by atoms with Gasteiger partial charge in [0.15, 0.2) is 0 Å². The van der Waals surface area contributed by atoms with Gasteiger partial charge in [-0.1, -0.05) is 12.1 Å². The highest BCUT2D eigenvalue weighted by Gasteiger charge is 2.21. The van der Waals surface area contributed by atoms with Crippen LogP contribution >= 0.6 is 11.3 Å². The first-order valence-corrected chi connectivity index (χ1v) is 9.43. The molecule has 0 spiro atoms. The van der Waals surface area contributed by atoms with Gasteiger partial charge in [-0.05, 0) is 65.4 Å². The van der Waals surface area contributed by atoms with E-state index in [9.17, 15) is 10.1 Å². The van der Waals surface area contributed by atoms with Crippen molar-refractivity contribution in [1.82, 2.24) is 20.2 Å². The first kappa shape index (κ1) is 17.1. The molecular formula is C19H16N6OS. The number of amides is 1. The molecule has 1 aliphatic carbocycles. The van der Waals surface area contributed by atoms with Crippen LogP contribution in [0.4, 0.5) is 5.00 Å². The van der Waals surface area contributed by atoms with Crippen LogP contribution in [0.5, 0.6) is 0 Å². The zero-order chi connectivity index (χ0) is 18.6. The molecule has 7 nitrogen and oxygen atoms in total. The number of tetrazole rings is 1. The van der Waals surface area contributed by atoms with Crippen molar-refractivity contribution in [2.24, 2.45) is 0 Å². The summed E-state index contributed by atoms with van der Waals surface area (Å²) in [5.41, 5.74) is 3.46. The van der Waals surface area contributed by atoms with Crippen LogP contribution < -0.4 is 5.32 Å². The molecule has 2 aromatic heterocycles. The van der Waals surface area contributed by atoms with E-state index in [0.29, 0.717) is 10.6 Å². The SMILES string of the molecule is N#Cc1c(NC(=O)/C=C/c2ccc(-n3cnnn3)cc2)sc2c1CCCC2. The van der Waals surface area contributed by atoms with E-state index in [1.165, 1.54) is 28.6 Å². The Morgan fingerprint density at radius 1 is 1.26 bits per heavy atom. The number of nitrogens with one attached hydrogen (secondary N) is 1. The number of hydrogen-bond donors (Lipinski definition) is 1. The summed E-state index contributed by atoms with van der Waals surface area (Å²) in [7, 11) is 0. The molecular weight excluding hydrogens is 360 g/mol. The number of carbonyl (C=O) groups excluding carboxylic acids is 1. The van der Waals surface area contributed by atoms with Crippen LogP contribution in [0.1, 0.15) is 34.4 Å². The van der Waals surface area contributed by atoms with Gasteiger partial charge in [-0.3, -0.25) is 4.79 Å². The molecule has 1 aliphatic rings. The van der Waals surface area contributed by atoms with Gasteiger partial charge in [0.2, 0.25) is 5.91 Å². The second-order valence-corrected chi connectivity index (χ2v) is 7.30. The van der Waals surface area contributed by atoms with E-state index in [-0.39, 0.29) is 5.91 Å². The Bertz CT molecular complexity index is 1030. The maximum Gasteiger partial charge on any atom is 0.249 e. The van der Waals surface area contributed by atoms with Gasteiger partial charge in [0.25, 0.3) is 0 Å². The molecule has 0 fully saturated rings. The lowest BCUT2D eigenvalue weighted by Gasteiger charge is -2.09. The number of anilines is 1. The Morgan fingerprint density at radius 2 is 2.07 bits per heavy atom. The lowest BCUT2D eigenvalue weighted by molar-refractivity contribution is -0.111. The number of aryl methyl sites for hydroxylation is 1. The number of rotatable bonds is 4. The summed E-state index contributed by atoms with van der Waals surface area (Å²) in [6, 6.07) is 9.76. The van der Waals surface area contributed by atoms with Crippen molar-refractivity contribution in [2.45, 2.75) is 25.7 Å². The van der Waals surface area contributed by atoms with E-state index in [2.05, 4.69) is 26.9 Å². The molecule has 4 rings (SSSR count). The van der Waals surface area contributed by atoms with Crippen molar-refractivity contribution in [3.63, 3.8) is 0 Å². The predicted octanol–water partition coefficient (Wildman–Crippen LogP) is 3.13. The van der Waals surface area contributed by atoms with Crippen LogP contribution in [0.3, 0.4) is 0 Å². The first-order valence-electron chi connectivity index (χ1n) is 8.62. The fourth-order valence-corrected chi connectivity index (χ4v) is 4.36. The van der Waals surface area contributed by atoms with Gasteiger partial charge in [-0.25, -0.2) is 4.68 Å². The van der Waals surface area contributed by atoms with Crippen molar-refractivity contribution >= 4 is 28.3 Å². The van der Waals surface area contributed by atoms with Crippen molar-refractivity contribution < 1.29 is 4.79 Å². The zero-order valence-corrected chi connectivity index (χ0v) is 15.2. The Hall–Kier alpha value is -3.31. The summed E-state index contributed by atoms with van der Waals surface area (Å²) >= 11 is 1.53. The summed E-state index contributed by atoms with van der Waals surface area (Å²) in [5, 5.41) is 24.0. The van der Waals surface area contributed by atoms with Crippen LogP contribution in [0.25, 0.3) is 11.8 Å². The minimum absolute atomic E-state index is 0.241. The summed E-state index contributed by atoms with van der Waals surface area (Å²) in [4.78, 5) is 13.5. The van der Waals surface area contributed by atoms with Gasteiger partial charge in [0, 0.05) is 11.0 Å². The van der Waals surface area contributed by atoms with Crippen LogP contribution in [0.2, 0.25) is 0 Å². The maximum absolute atomic E-state index is 12.3. The second kappa shape index (κ2) is 7.51. The average molecular weight is 376 g/mol. The number of carbonyl (C=O) groups is 1. The fourth-order valence-electron chi connectivity index (χ4n) is 3.12. The van der Waals surface area contributed by atoms with E-state index >= 15 is 0 Å². The number of nitrogens with zero attached hydrogens (tertiary/aromatic N) is 5. The van der Waals surface area contributed by atoms with Crippen molar-refractivity contribution in [2.75, 3.05) is 5.32 Å². The average Bonchev–Trinajstić information content (AvgIpc) is 3.34. The molecule has 2 heterocycles. The Labute approximate surface area is 159 Å². The maximum atomic E-state index is 12.3. The topological polar surface area (TPSA) is 96.5 Å². The Morgan fingerprint density at radius 3 is 2.81 bits per heavy atom. The third-order valence-electron chi connectivity index (χ3n) is 4.45. The Balaban J connectivity index is 1.45. The van der Waals surface area contributed by atoms with Gasteiger partial charge < -0.3 is 5.32 Å². The molecule has 0 aliphatic heterocycles. The molecule has 1 N–H and O–H groups in total. The van der Waals surface area contributed by atoms with E-state index in [0.717, 1.165) is 42.5 Å². The molecule has 8 heteroatoms. The van der Waals surface area contributed by atoms with E-state index in [1.54, 1.807) is 10.8 Å². The first-order chi connectivity index (χ1) is 13.2. The van der Waals surface area contributed by atoms with Gasteiger partial charge in [-0.15, -0.1) is 16.4 Å². The molecule has 0 atom stereocenters. The minimum Gasteiger partial charge on any atom is -0.313 e. The van der Waals surface area contributed by atoms with Gasteiger partial charge in [-0.2, -0.15) is 5.26 Å². The normalized spacial score (nSPS) is 13.3. The minimum atomic E-state index is -0.241. The van der Waals surface area contributed by atoms with E-state index < -0.39 is 0 Å². The summed E-state index contributed by atoms with van der Waals surface area (Å²) in [5.74, 6) is -0.241. The highest BCUT2D eigenvalue weighted by atomic mass is 32.1. The molecule has 27 heavy (non-hydrogen) atoms. The predicted molar refractivity (Wildman–Crippen MR) is 102 cm³/mol. The van der Waals surface area contributed by atoms with Crippen LogP contribution in [-0.2, 0) is 17.6 Å². The number of nitriles is 1. The smallest absolute Gasteiger partial charge is 0.249 e. The number of thiophene rings is 1. The molecule has 0 saturated heterocycles.